The van der Waals surface area contributed by atoms with Crippen LogP contribution < -0.4 is 5.32 Å². The highest BCUT2D eigenvalue weighted by Crippen LogP contribution is 2.52. The Morgan fingerprint density at radius 3 is 3.08 bits per heavy atom. The number of nitrogens with zero attached hydrogens (tertiary/aromatic N) is 1. The number of likely N-dealkylation sites (tertiary alicyclic amines) is 1. The summed E-state index contributed by atoms with van der Waals surface area (Å²) in [6, 6.07) is 3.78. The van der Waals surface area contributed by atoms with Gasteiger partial charge in [0.2, 0.25) is 0 Å². The monoisotopic (exact) mass is 348 g/mol. The van der Waals surface area contributed by atoms with Crippen molar-refractivity contribution in [3.8, 4) is 0 Å². The number of aliphatic hydroxyl groups excluding tert-OH is 1. The van der Waals surface area contributed by atoms with Gasteiger partial charge in [0, 0.05) is 43.0 Å². The molecule has 0 spiro atoms. The maximum atomic E-state index is 12.9. The second-order valence-corrected chi connectivity index (χ2v) is 8.25. The van der Waals surface area contributed by atoms with E-state index in [1.807, 2.05) is 4.90 Å². The lowest BCUT2D eigenvalue weighted by molar-refractivity contribution is -0.109. The fraction of sp³-hybridized carbons (Fsp3) is 0.737. The van der Waals surface area contributed by atoms with E-state index in [0.29, 0.717) is 18.1 Å². The van der Waals surface area contributed by atoms with Gasteiger partial charge in [-0.05, 0) is 31.4 Å². The van der Waals surface area contributed by atoms with Gasteiger partial charge in [0.1, 0.15) is 11.9 Å². The smallest absolute Gasteiger partial charge is 0.317 e. The third-order valence-electron chi connectivity index (χ3n) is 6.38. The van der Waals surface area contributed by atoms with Crippen molar-refractivity contribution in [3.05, 3.63) is 24.2 Å². The van der Waals surface area contributed by atoms with Gasteiger partial charge in [0.15, 0.2) is 0 Å². The molecule has 0 bridgehead atoms. The van der Waals surface area contributed by atoms with Crippen LogP contribution in [0.25, 0.3) is 0 Å². The number of fused-ring (bicyclic) bond motifs is 1. The molecule has 1 aliphatic carbocycles. The fourth-order valence-electron chi connectivity index (χ4n) is 5.04. The molecule has 0 aromatic carbocycles. The molecule has 0 unspecified atom stereocenters. The lowest BCUT2D eigenvalue weighted by Crippen LogP contribution is -2.68. The topological polar surface area (TPSA) is 74.9 Å². The van der Waals surface area contributed by atoms with Crippen LogP contribution in [-0.2, 0) is 4.74 Å². The van der Waals surface area contributed by atoms with Crippen LogP contribution in [0.15, 0.2) is 22.8 Å². The maximum Gasteiger partial charge on any atom is 0.317 e. The summed E-state index contributed by atoms with van der Waals surface area (Å²) in [5.41, 5.74) is -0.0142. The third kappa shape index (κ3) is 2.85. The highest BCUT2D eigenvalue weighted by Gasteiger charge is 2.60. The van der Waals surface area contributed by atoms with Crippen molar-refractivity contribution in [2.45, 2.75) is 63.8 Å². The first-order chi connectivity index (χ1) is 12.0. The number of ether oxygens (including phenoxy) is 1. The summed E-state index contributed by atoms with van der Waals surface area (Å²) in [7, 11) is 0. The Hall–Kier alpha value is -1.53. The molecule has 6 heteroatoms. The largest absolute Gasteiger partial charge is 0.467 e. The van der Waals surface area contributed by atoms with Crippen molar-refractivity contribution in [2.24, 2.45) is 11.3 Å². The molecule has 2 aliphatic heterocycles. The lowest BCUT2D eigenvalue weighted by Gasteiger charge is -2.54. The number of hydrogen-bond acceptors (Lipinski definition) is 4. The number of urea groups is 1. The average molecular weight is 348 g/mol. The van der Waals surface area contributed by atoms with E-state index in [9.17, 15) is 9.90 Å². The first-order valence-electron chi connectivity index (χ1n) is 9.38. The van der Waals surface area contributed by atoms with Gasteiger partial charge < -0.3 is 24.5 Å². The summed E-state index contributed by atoms with van der Waals surface area (Å²) in [6.45, 7) is 5.89. The first-order valence-corrected chi connectivity index (χ1v) is 9.38. The number of carbonyl (C=O) groups is 1. The van der Waals surface area contributed by atoms with E-state index in [1.165, 1.54) is 0 Å². The number of rotatable bonds is 4. The van der Waals surface area contributed by atoms with Crippen molar-refractivity contribution in [1.29, 1.82) is 0 Å². The molecule has 3 heterocycles. The molecule has 0 radical (unpaired) electrons. The molecule has 2 N–H and O–H groups in total. The van der Waals surface area contributed by atoms with E-state index in [0.717, 1.165) is 32.4 Å². The number of aliphatic hydroxyl groups is 1. The van der Waals surface area contributed by atoms with Gasteiger partial charge in [0.25, 0.3) is 0 Å². The summed E-state index contributed by atoms with van der Waals surface area (Å²) in [5.74, 6) is 1.01. The summed E-state index contributed by atoms with van der Waals surface area (Å²) in [4.78, 5) is 14.8. The molecule has 5 atom stereocenters. The highest BCUT2D eigenvalue weighted by atomic mass is 16.5. The number of furan rings is 1. The van der Waals surface area contributed by atoms with Crippen LogP contribution in [0.1, 0.15) is 51.4 Å². The minimum atomic E-state index is -0.666. The van der Waals surface area contributed by atoms with Crippen molar-refractivity contribution >= 4 is 6.03 Å². The van der Waals surface area contributed by atoms with Crippen LogP contribution in [0.4, 0.5) is 4.79 Å². The molecule has 3 aliphatic rings. The van der Waals surface area contributed by atoms with Crippen LogP contribution in [0.3, 0.4) is 0 Å². The van der Waals surface area contributed by atoms with Gasteiger partial charge >= 0.3 is 6.03 Å². The Balaban J connectivity index is 1.38. The van der Waals surface area contributed by atoms with Gasteiger partial charge in [-0.1, -0.05) is 13.8 Å². The summed E-state index contributed by atoms with van der Waals surface area (Å²) in [6.07, 6.45) is 4.62. The van der Waals surface area contributed by atoms with Gasteiger partial charge in [-0.25, -0.2) is 4.79 Å². The fourth-order valence-corrected chi connectivity index (χ4v) is 5.04. The summed E-state index contributed by atoms with van der Waals surface area (Å²) < 4.78 is 11.1. The standard InChI is InChI=1S/C19H28N2O4/c1-19(2)16(13-7-10-25-17(13)19)20-18(23)21-8-3-5-12(21)11-14(22)15-6-4-9-24-15/h4,6,9,12-14,16-17,22H,3,5,7-8,10-11H2,1-2H3,(H,20,23)/t12-,13-,14+,16-,17+/m1/s1. The zero-order valence-electron chi connectivity index (χ0n) is 15.0. The van der Waals surface area contributed by atoms with Crippen LogP contribution in [0.2, 0.25) is 0 Å². The molecule has 2 saturated heterocycles. The maximum absolute atomic E-state index is 12.9. The predicted octanol–water partition coefficient (Wildman–Crippen LogP) is 2.69. The molecule has 2 amide bonds. The van der Waals surface area contributed by atoms with Crippen molar-refractivity contribution < 1.29 is 19.1 Å². The molecule has 3 fully saturated rings. The van der Waals surface area contributed by atoms with Crippen molar-refractivity contribution in [2.75, 3.05) is 13.2 Å². The van der Waals surface area contributed by atoms with Crippen LogP contribution in [-0.4, -0.2) is 47.4 Å². The Kier molecular flexibility index (Phi) is 4.28. The minimum absolute atomic E-state index is 0.00225. The average Bonchev–Trinajstić information content (AvgIpc) is 3.31. The van der Waals surface area contributed by atoms with Crippen molar-refractivity contribution in [1.82, 2.24) is 10.2 Å². The normalized spacial score (nSPS) is 34.4. The van der Waals surface area contributed by atoms with Gasteiger partial charge in [-0.3, -0.25) is 0 Å². The van der Waals surface area contributed by atoms with E-state index < -0.39 is 6.10 Å². The van der Waals surface area contributed by atoms with E-state index >= 15 is 0 Å². The zero-order chi connectivity index (χ0) is 17.6. The quantitative estimate of drug-likeness (QED) is 0.877. The second-order valence-electron chi connectivity index (χ2n) is 8.25. The number of hydrogen-bond donors (Lipinski definition) is 2. The SMILES string of the molecule is CC1(C)[C@H](NC(=O)N2CCC[C@@H]2C[C@H](O)c2ccco2)[C@H]2CCO[C@@H]21. The molecule has 6 nitrogen and oxygen atoms in total. The zero-order valence-corrected chi connectivity index (χ0v) is 15.0. The van der Waals surface area contributed by atoms with Crippen molar-refractivity contribution in [3.63, 3.8) is 0 Å². The first kappa shape index (κ1) is 16.9. The number of nitrogens with one attached hydrogen (secondary N) is 1. The molecular formula is C19H28N2O4. The van der Waals surface area contributed by atoms with Gasteiger partial charge in [-0.15, -0.1) is 0 Å². The summed E-state index contributed by atoms with van der Waals surface area (Å²) in [5, 5.41) is 13.6. The highest BCUT2D eigenvalue weighted by molar-refractivity contribution is 5.75. The lowest BCUT2D eigenvalue weighted by atomic mass is 9.57. The second kappa shape index (κ2) is 6.32. The Morgan fingerprint density at radius 2 is 2.32 bits per heavy atom. The molecule has 1 aromatic rings. The number of amides is 2. The molecule has 1 saturated carbocycles. The minimum Gasteiger partial charge on any atom is -0.467 e. The van der Waals surface area contributed by atoms with Crippen LogP contribution >= 0.6 is 0 Å². The number of carbonyl (C=O) groups excluding carboxylic acids is 1. The Labute approximate surface area is 148 Å². The van der Waals surface area contributed by atoms with Crippen LogP contribution in [0.5, 0.6) is 0 Å². The molecule has 1 aromatic heterocycles. The molecule has 4 rings (SSSR count). The van der Waals surface area contributed by atoms with E-state index in [1.54, 1.807) is 18.4 Å². The summed E-state index contributed by atoms with van der Waals surface area (Å²) >= 11 is 0. The van der Waals surface area contributed by atoms with E-state index in [4.69, 9.17) is 9.15 Å². The van der Waals surface area contributed by atoms with E-state index in [-0.39, 0.29) is 29.6 Å². The van der Waals surface area contributed by atoms with E-state index in [2.05, 4.69) is 19.2 Å². The molecule has 138 valence electrons. The molecular weight excluding hydrogens is 320 g/mol. The van der Waals surface area contributed by atoms with Crippen LogP contribution in [0, 0.1) is 11.3 Å². The van der Waals surface area contributed by atoms with Gasteiger partial charge in [-0.2, -0.15) is 0 Å². The Bertz CT molecular complexity index is 615. The third-order valence-corrected chi connectivity index (χ3v) is 6.38. The van der Waals surface area contributed by atoms with Gasteiger partial charge in [0.05, 0.1) is 12.4 Å². The molecule has 25 heavy (non-hydrogen) atoms. The Morgan fingerprint density at radius 1 is 1.48 bits per heavy atom. The predicted molar refractivity (Wildman–Crippen MR) is 92.0 cm³/mol.